The maximum Gasteiger partial charge on any atom is 0.322 e. The van der Waals surface area contributed by atoms with Crippen LogP contribution >= 0.6 is 0 Å². The number of carboxylic acids is 1. The standard InChI is InChI=1S/C45H80N4O5/c1-3-5-7-9-11-13-15-17-19-21-23-25-27-29-31-38(32-30-28-26-24-22-20-18-16-14-12-10-8-6-4-2)45(54)49-41-34-39(44(53)47-36-43(51)52)33-40(35-41)48-42(46)37-50/h33-35,37-38,42,48H,3-32,36,46H2,1-2H3,(H,47,53)(H,49,54)(H,51,52). The fourth-order valence-corrected chi connectivity index (χ4v) is 7.22. The smallest absolute Gasteiger partial charge is 0.322 e. The Morgan fingerprint density at radius 3 is 1.33 bits per heavy atom. The maximum atomic E-state index is 13.7. The van der Waals surface area contributed by atoms with Gasteiger partial charge in [0.25, 0.3) is 5.91 Å². The molecule has 0 aliphatic rings. The number of amides is 2. The minimum Gasteiger partial charge on any atom is -0.480 e. The molecule has 0 fully saturated rings. The third-order valence-electron chi connectivity index (χ3n) is 10.5. The SMILES string of the molecule is CCCCCCCCCCCCCCCCC(CCCCCCCCCCCCCCCC)C(=O)Nc1cc(NC(N)C=O)cc(C(=O)NCC(=O)O)c1. The maximum absolute atomic E-state index is 13.7. The molecule has 0 radical (unpaired) electrons. The van der Waals surface area contributed by atoms with Crippen molar-refractivity contribution in [3.63, 3.8) is 0 Å². The molecule has 0 heterocycles. The van der Waals surface area contributed by atoms with Gasteiger partial charge in [-0.25, -0.2) is 0 Å². The van der Waals surface area contributed by atoms with E-state index in [-0.39, 0.29) is 17.4 Å². The topological polar surface area (TPSA) is 151 Å². The molecule has 310 valence electrons. The summed E-state index contributed by atoms with van der Waals surface area (Å²) < 4.78 is 0. The lowest BCUT2D eigenvalue weighted by atomic mass is 9.93. The number of hydrogen-bond donors (Lipinski definition) is 5. The van der Waals surface area contributed by atoms with Crippen molar-refractivity contribution in [3.05, 3.63) is 23.8 Å². The van der Waals surface area contributed by atoms with E-state index in [2.05, 4.69) is 29.8 Å². The Hall–Kier alpha value is -2.94. The molecule has 9 nitrogen and oxygen atoms in total. The van der Waals surface area contributed by atoms with E-state index in [1.807, 2.05) is 0 Å². The van der Waals surface area contributed by atoms with Crippen molar-refractivity contribution in [2.24, 2.45) is 11.7 Å². The van der Waals surface area contributed by atoms with Crippen LogP contribution in [0.4, 0.5) is 11.4 Å². The van der Waals surface area contributed by atoms with Gasteiger partial charge in [0, 0.05) is 22.9 Å². The fourth-order valence-electron chi connectivity index (χ4n) is 7.22. The highest BCUT2D eigenvalue weighted by Crippen LogP contribution is 2.25. The van der Waals surface area contributed by atoms with E-state index >= 15 is 0 Å². The van der Waals surface area contributed by atoms with Gasteiger partial charge in [-0.15, -0.1) is 0 Å². The van der Waals surface area contributed by atoms with Gasteiger partial charge < -0.3 is 26.8 Å². The van der Waals surface area contributed by atoms with Crippen molar-refractivity contribution < 1.29 is 24.3 Å². The number of aldehydes is 1. The van der Waals surface area contributed by atoms with Crippen LogP contribution in [-0.4, -0.2) is 41.9 Å². The zero-order valence-electron chi connectivity index (χ0n) is 34.5. The van der Waals surface area contributed by atoms with Crippen LogP contribution in [0.25, 0.3) is 0 Å². The highest BCUT2D eigenvalue weighted by Gasteiger charge is 2.20. The van der Waals surface area contributed by atoms with Crippen LogP contribution in [0.2, 0.25) is 0 Å². The molecule has 0 aromatic heterocycles. The molecule has 1 rings (SSSR count). The molecule has 0 aliphatic carbocycles. The molecule has 1 atom stereocenters. The summed E-state index contributed by atoms with van der Waals surface area (Å²) in [6.07, 6.45) is 37.4. The van der Waals surface area contributed by atoms with E-state index in [1.54, 1.807) is 6.07 Å². The predicted octanol–water partition coefficient (Wildman–Crippen LogP) is 11.7. The Morgan fingerprint density at radius 1 is 0.593 bits per heavy atom. The summed E-state index contributed by atoms with van der Waals surface area (Å²) in [5, 5.41) is 17.2. The van der Waals surface area contributed by atoms with Crippen molar-refractivity contribution >= 4 is 35.4 Å². The van der Waals surface area contributed by atoms with Crippen LogP contribution in [0.1, 0.15) is 217 Å². The van der Waals surface area contributed by atoms with E-state index in [0.29, 0.717) is 17.7 Å². The van der Waals surface area contributed by atoms with E-state index in [9.17, 15) is 19.2 Å². The number of unbranched alkanes of at least 4 members (excludes halogenated alkanes) is 26. The zero-order chi connectivity index (χ0) is 39.5. The van der Waals surface area contributed by atoms with Crippen LogP contribution < -0.4 is 21.7 Å². The number of carbonyl (C=O) groups is 4. The summed E-state index contributed by atoms with van der Waals surface area (Å²) in [6.45, 7) is 4.00. The molecular formula is C45H80N4O5. The number of carbonyl (C=O) groups excluding carboxylic acids is 3. The van der Waals surface area contributed by atoms with Gasteiger partial charge >= 0.3 is 5.97 Å². The molecule has 0 bridgehead atoms. The summed E-state index contributed by atoms with van der Waals surface area (Å²) in [5.74, 6) is -1.98. The van der Waals surface area contributed by atoms with Crippen LogP contribution in [0.3, 0.4) is 0 Å². The number of rotatable bonds is 38. The molecule has 0 spiro atoms. The van der Waals surface area contributed by atoms with E-state index in [1.165, 1.54) is 166 Å². The summed E-state index contributed by atoms with van der Waals surface area (Å²) >= 11 is 0. The summed E-state index contributed by atoms with van der Waals surface area (Å²) in [5.41, 5.74) is 6.71. The summed E-state index contributed by atoms with van der Waals surface area (Å²) in [4.78, 5) is 48.7. The first kappa shape index (κ1) is 49.1. The number of benzene rings is 1. The minimum atomic E-state index is -1.16. The number of nitrogens with two attached hydrogens (primary N) is 1. The molecule has 6 N–H and O–H groups in total. The molecule has 9 heteroatoms. The first-order valence-corrected chi connectivity index (χ1v) is 22.2. The largest absolute Gasteiger partial charge is 0.480 e. The van der Waals surface area contributed by atoms with Gasteiger partial charge in [-0.05, 0) is 31.0 Å². The van der Waals surface area contributed by atoms with Gasteiger partial charge in [-0.2, -0.15) is 0 Å². The average Bonchev–Trinajstić information content (AvgIpc) is 3.16. The van der Waals surface area contributed by atoms with Crippen molar-refractivity contribution in [1.82, 2.24) is 5.32 Å². The highest BCUT2D eigenvalue weighted by molar-refractivity contribution is 6.00. The lowest BCUT2D eigenvalue weighted by molar-refractivity contribution is -0.135. The second-order valence-corrected chi connectivity index (χ2v) is 15.6. The van der Waals surface area contributed by atoms with Crippen molar-refractivity contribution in [3.8, 4) is 0 Å². The number of anilines is 2. The molecule has 1 unspecified atom stereocenters. The first-order valence-electron chi connectivity index (χ1n) is 22.2. The van der Waals surface area contributed by atoms with Crippen LogP contribution in [0, 0.1) is 5.92 Å². The molecule has 54 heavy (non-hydrogen) atoms. The van der Waals surface area contributed by atoms with E-state index in [0.717, 1.165) is 38.5 Å². The lowest BCUT2D eigenvalue weighted by Crippen LogP contribution is -2.32. The predicted molar refractivity (Wildman–Crippen MR) is 226 cm³/mol. The Bertz CT molecular complexity index is 1080. The van der Waals surface area contributed by atoms with Crippen molar-refractivity contribution in [1.29, 1.82) is 0 Å². The monoisotopic (exact) mass is 757 g/mol. The van der Waals surface area contributed by atoms with Gasteiger partial charge in [0.05, 0.1) is 0 Å². The normalized spacial score (nSPS) is 11.8. The third-order valence-corrected chi connectivity index (χ3v) is 10.5. The Balaban J connectivity index is 2.64. The molecule has 1 aromatic rings. The van der Waals surface area contributed by atoms with Gasteiger partial charge in [0.1, 0.15) is 12.7 Å². The summed E-state index contributed by atoms with van der Waals surface area (Å²) in [7, 11) is 0. The quantitative estimate of drug-likeness (QED) is 0.0256. The Labute approximate surface area is 329 Å². The summed E-state index contributed by atoms with van der Waals surface area (Å²) in [6, 6.07) is 4.66. The Kier molecular flexibility index (Phi) is 31.4. The van der Waals surface area contributed by atoms with Crippen LogP contribution in [0.15, 0.2) is 18.2 Å². The molecule has 1 aromatic carbocycles. The van der Waals surface area contributed by atoms with Crippen LogP contribution in [-0.2, 0) is 14.4 Å². The fraction of sp³-hybridized carbons (Fsp3) is 0.778. The van der Waals surface area contributed by atoms with Gasteiger partial charge in [-0.1, -0.05) is 194 Å². The second kappa shape index (κ2) is 34.5. The molecule has 2 amide bonds. The highest BCUT2D eigenvalue weighted by atomic mass is 16.4. The molecule has 0 saturated carbocycles. The molecule has 0 aliphatic heterocycles. The van der Waals surface area contributed by atoms with Crippen molar-refractivity contribution in [2.45, 2.75) is 213 Å². The van der Waals surface area contributed by atoms with E-state index < -0.39 is 24.6 Å². The first-order chi connectivity index (χ1) is 26.3. The number of nitrogens with one attached hydrogen (secondary N) is 3. The number of hydrogen-bond acceptors (Lipinski definition) is 6. The third kappa shape index (κ3) is 27.6. The zero-order valence-corrected chi connectivity index (χ0v) is 34.5. The van der Waals surface area contributed by atoms with Crippen LogP contribution in [0.5, 0.6) is 0 Å². The number of aliphatic carboxylic acids is 1. The van der Waals surface area contributed by atoms with E-state index in [4.69, 9.17) is 10.8 Å². The Morgan fingerprint density at radius 2 is 0.963 bits per heavy atom. The second-order valence-electron chi connectivity index (χ2n) is 15.6. The minimum absolute atomic E-state index is 0.0758. The van der Waals surface area contributed by atoms with Gasteiger partial charge in [0.15, 0.2) is 6.29 Å². The molecular weight excluding hydrogens is 677 g/mol. The molecule has 0 saturated heterocycles. The lowest BCUT2D eigenvalue weighted by Gasteiger charge is -2.19. The number of carboxylic acid groups (broad SMARTS) is 1. The average molecular weight is 757 g/mol. The van der Waals surface area contributed by atoms with Crippen molar-refractivity contribution in [2.75, 3.05) is 17.2 Å². The van der Waals surface area contributed by atoms with Gasteiger partial charge in [0.2, 0.25) is 5.91 Å². The van der Waals surface area contributed by atoms with Gasteiger partial charge in [-0.3, -0.25) is 19.2 Å².